The molecule has 0 aliphatic rings. The molecule has 0 fully saturated rings. The summed E-state index contributed by atoms with van der Waals surface area (Å²) >= 11 is 3.35. The first kappa shape index (κ1) is 17.0. The number of hydrogen-bond acceptors (Lipinski definition) is 4. The summed E-state index contributed by atoms with van der Waals surface area (Å²) in [6.45, 7) is 0. The number of aromatic nitrogens is 2. The fraction of sp³-hybridized carbons (Fsp3) is 0.111. The largest absolute Gasteiger partial charge is 0.504 e. The van der Waals surface area contributed by atoms with Crippen molar-refractivity contribution in [2.45, 2.75) is 0 Å². The first-order valence-electron chi connectivity index (χ1n) is 7.46. The van der Waals surface area contributed by atoms with E-state index in [1.54, 1.807) is 30.1 Å². The van der Waals surface area contributed by atoms with E-state index in [-0.39, 0.29) is 17.0 Å². The number of phenolic OH excluding ortho intramolecular Hbond substituents is 1. The van der Waals surface area contributed by atoms with Gasteiger partial charge < -0.3 is 9.84 Å². The number of rotatable bonds is 4. The van der Waals surface area contributed by atoms with E-state index in [0.29, 0.717) is 11.3 Å². The Balaban J connectivity index is 2.02. The maximum atomic E-state index is 12.6. The molecule has 0 aliphatic heterocycles. The van der Waals surface area contributed by atoms with Crippen molar-refractivity contribution in [1.82, 2.24) is 9.36 Å². The summed E-state index contributed by atoms with van der Waals surface area (Å²) in [5, 5.41) is 10.2. The van der Waals surface area contributed by atoms with E-state index in [2.05, 4.69) is 20.9 Å². The monoisotopic (exact) mass is 401 g/mol. The summed E-state index contributed by atoms with van der Waals surface area (Å²) < 4.78 is 9.04. The average Bonchev–Trinajstić information content (AvgIpc) is 2.89. The van der Waals surface area contributed by atoms with Crippen molar-refractivity contribution in [2.75, 3.05) is 7.11 Å². The minimum Gasteiger partial charge on any atom is -0.504 e. The zero-order valence-corrected chi connectivity index (χ0v) is 15.3. The van der Waals surface area contributed by atoms with E-state index < -0.39 is 0 Å². The number of nitrogens with zero attached hydrogens (tertiary/aromatic N) is 3. The maximum Gasteiger partial charge on any atom is 0.297 e. The fourth-order valence-electron chi connectivity index (χ4n) is 2.49. The molecule has 0 bridgehead atoms. The van der Waals surface area contributed by atoms with Gasteiger partial charge in [-0.2, -0.15) is 0 Å². The van der Waals surface area contributed by atoms with Crippen LogP contribution in [0.15, 0.2) is 62.9 Å². The molecule has 1 N–H and O–H groups in total. The van der Waals surface area contributed by atoms with Gasteiger partial charge >= 0.3 is 0 Å². The second-order valence-electron chi connectivity index (χ2n) is 5.34. The van der Waals surface area contributed by atoms with Gasteiger partial charge in [-0.05, 0) is 24.3 Å². The lowest BCUT2D eigenvalue weighted by atomic mass is 10.2. The van der Waals surface area contributed by atoms with Crippen LogP contribution < -0.4 is 10.3 Å². The predicted molar refractivity (Wildman–Crippen MR) is 101 cm³/mol. The Bertz CT molecular complexity index is 991. The van der Waals surface area contributed by atoms with E-state index in [1.807, 2.05) is 30.3 Å². The molecule has 1 aromatic heterocycles. The molecule has 0 spiro atoms. The van der Waals surface area contributed by atoms with Gasteiger partial charge in [-0.15, -0.1) is 0 Å². The third kappa shape index (κ3) is 3.36. The van der Waals surface area contributed by atoms with Gasteiger partial charge in [-0.3, -0.25) is 9.48 Å². The molecule has 3 rings (SSSR count). The van der Waals surface area contributed by atoms with Gasteiger partial charge in [0, 0.05) is 23.3 Å². The number of phenols is 1. The van der Waals surface area contributed by atoms with Crippen molar-refractivity contribution in [1.29, 1.82) is 0 Å². The minimum atomic E-state index is -0.244. The second kappa shape index (κ2) is 6.98. The van der Waals surface area contributed by atoms with Crippen LogP contribution in [0.4, 0.5) is 5.69 Å². The van der Waals surface area contributed by atoms with Crippen molar-refractivity contribution >= 4 is 27.8 Å². The lowest BCUT2D eigenvalue weighted by Crippen LogP contribution is -2.18. The van der Waals surface area contributed by atoms with Crippen LogP contribution in [0.1, 0.15) is 5.56 Å². The van der Waals surface area contributed by atoms with Crippen LogP contribution in [-0.2, 0) is 7.05 Å². The lowest BCUT2D eigenvalue weighted by molar-refractivity contribution is 0.373. The Morgan fingerprint density at radius 1 is 1.24 bits per heavy atom. The number of aryl methyl sites for hydroxylation is 1. The smallest absolute Gasteiger partial charge is 0.297 e. The molecule has 3 aromatic rings. The molecule has 0 atom stereocenters. The van der Waals surface area contributed by atoms with Crippen LogP contribution >= 0.6 is 15.9 Å². The number of halogens is 1. The highest BCUT2D eigenvalue weighted by atomic mass is 79.9. The first-order valence-corrected chi connectivity index (χ1v) is 8.25. The molecule has 7 heteroatoms. The lowest BCUT2D eigenvalue weighted by Gasteiger charge is -2.06. The number of benzene rings is 2. The van der Waals surface area contributed by atoms with E-state index in [0.717, 1.165) is 10.2 Å². The quantitative estimate of drug-likeness (QED) is 0.681. The van der Waals surface area contributed by atoms with Crippen LogP contribution in [-0.4, -0.2) is 27.8 Å². The van der Waals surface area contributed by atoms with Crippen molar-refractivity contribution in [3.05, 3.63) is 69.1 Å². The van der Waals surface area contributed by atoms with Crippen LogP contribution in [0.5, 0.6) is 11.5 Å². The van der Waals surface area contributed by atoms with E-state index in [4.69, 9.17) is 4.74 Å². The van der Waals surface area contributed by atoms with Gasteiger partial charge in [0.25, 0.3) is 5.56 Å². The number of para-hydroxylation sites is 1. The summed E-state index contributed by atoms with van der Waals surface area (Å²) in [5.41, 5.74) is 1.22. The van der Waals surface area contributed by atoms with Crippen molar-refractivity contribution in [3.63, 3.8) is 0 Å². The highest BCUT2D eigenvalue weighted by Crippen LogP contribution is 2.32. The van der Waals surface area contributed by atoms with Crippen LogP contribution in [0.3, 0.4) is 0 Å². The molecule has 0 unspecified atom stereocenters. The van der Waals surface area contributed by atoms with E-state index in [9.17, 15) is 9.90 Å². The second-order valence-corrected chi connectivity index (χ2v) is 6.26. The highest BCUT2D eigenvalue weighted by molar-refractivity contribution is 9.10. The molecular weight excluding hydrogens is 386 g/mol. The zero-order chi connectivity index (χ0) is 18.0. The minimum absolute atomic E-state index is 0.0335. The third-order valence-electron chi connectivity index (χ3n) is 3.67. The summed E-state index contributed by atoms with van der Waals surface area (Å²) in [5.74, 6) is 0.291. The normalized spacial score (nSPS) is 11.2. The van der Waals surface area contributed by atoms with Gasteiger partial charge in [0.05, 0.1) is 19.0 Å². The van der Waals surface area contributed by atoms with Gasteiger partial charge in [0.15, 0.2) is 11.5 Å². The Morgan fingerprint density at radius 3 is 2.64 bits per heavy atom. The van der Waals surface area contributed by atoms with Crippen molar-refractivity contribution in [2.24, 2.45) is 12.0 Å². The third-order valence-corrected chi connectivity index (χ3v) is 4.13. The molecule has 0 saturated carbocycles. The summed E-state index contributed by atoms with van der Waals surface area (Å²) in [6, 6.07) is 12.7. The van der Waals surface area contributed by atoms with Crippen LogP contribution in [0.25, 0.3) is 5.69 Å². The van der Waals surface area contributed by atoms with Gasteiger partial charge in [-0.1, -0.05) is 34.1 Å². The summed E-state index contributed by atoms with van der Waals surface area (Å²) in [6.07, 6.45) is 3.08. The Labute approximate surface area is 152 Å². The molecule has 0 amide bonds. The average molecular weight is 402 g/mol. The summed E-state index contributed by atoms with van der Waals surface area (Å²) in [4.78, 5) is 16.9. The van der Waals surface area contributed by atoms with Crippen LogP contribution in [0, 0.1) is 0 Å². The topological polar surface area (TPSA) is 68.8 Å². The van der Waals surface area contributed by atoms with E-state index in [1.165, 1.54) is 18.0 Å². The van der Waals surface area contributed by atoms with E-state index >= 15 is 0 Å². The molecule has 0 aliphatic carbocycles. The van der Waals surface area contributed by atoms with Crippen LogP contribution in [0.2, 0.25) is 0 Å². The highest BCUT2D eigenvalue weighted by Gasteiger charge is 2.11. The van der Waals surface area contributed by atoms with Gasteiger partial charge in [0.2, 0.25) is 0 Å². The Kier molecular flexibility index (Phi) is 4.76. The van der Waals surface area contributed by atoms with Crippen molar-refractivity contribution < 1.29 is 9.84 Å². The fourth-order valence-corrected chi connectivity index (χ4v) is 2.94. The molecular formula is C18H16BrN3O3. The summed E-state index contributed by atoms with van der Waals surface area (Å²) in [7, 11) is 3.24. The number of methoxy groups -OCH3 is 1. The number of aliphatic imine (C=N–C) groups is 1. The first-order chi connectivity index (χ1) is 12.0. The zero-order valence-electron chi connectivity index (χ0n) is 13.7. The van der Waals surface area contributed by atoms with Crippen molar-refractivity contribution in [3.8, 4) is 17.2 Å². The van der Waals surface area contributed by atoms with Gasteiger partial charge in [0.1, 0.15) is 5.69 Å². The number of ether oxygens (including phenoxy) is 1. The molecule has 25 heavy (non-hydrogen) atoms. The standard InChI is InChI=1S/C18H16BrN3O3/c1-21-11-15(18(24)22(21)14-6-4-3-5-7-14)20-10-12-8-13(19)9-16(25-2)17(12)23/h3-11,23H,1-2H3. The molecule has 0 radical (unpaired) electrons. The SMILES string of the molecule is COc1cc(Br)cc(C=Nc2cn(C)n(-c3ccccc3)c2=O)c1O. The molecule has 0 saturated heterocycles. The Hall–Kier alpha value is -2.80. The number of aromatic hydroxyl groups is 1. The maximum absolute atomic E-state index is 12.6. The predicted octanol–water partition coefficient (Wildman–Crippen LogP) is 3.40. The molecule has 128 valence electrons. The molecule has 2 aromatic carbocycles. The molecule has 6 nitrogen and oxygen atoms in total. The Morgan fingerprint density at radius 2 is 1.96 bits per heavy atom. The number of hydrogen-bond donors (Lipinski definition) is 1. The molecule has 1 heterocycles. The van der Waals surface area contributed by atoms with Gasteiger partial charge in [-0.25, -0.2) is 9.67 Å².